The van der Waals surface area contributed by atoms with Crippen LogP contribution in [0.25, 0.3) is 5.69 Å². The molecule has 1 aromatic carbocycles. The topological polar surface area (TPSA) is 68.1 Å². The summed E-state index contributed by atoms with van der Waals surface area (Å²) in [7, 11) is 1.82. The fourth-order valence-electron chi connectivity index (χ4n) is 3.01. The molecule has 1 saturated heterocycles. The first kappa shape index (κ1) is 15.6. The molecular formula is C17H22N4O2. The minimum atomic E-state index is -0.201. The third kappa shape index (κ3) is 2.94. The van der Waals surface area contributed by atoms with Crippen molar-refractivity contribution in [3.63, 3.8) is 0 Å². The van der Waals surface area contributed by atoms with Gasteiger partial charge in [0, 0.05) is 13.6 Å². The first-order valence-corrected chi connectivity index (χ1v) is 7.95. The standard InChI is InChI=1S/C17H22N4O2/c1-12-15(19-16(22)13-7-6-10-18-11-13)17(23)21(20(12)2)14-8-4-3-5-9-14/h3-5,8-9,13,18H,6-7,10-11H2,1-2H3,(H,19,22). The molecule has 23 heavy (non-hydrogen) atoms. The Labute approximate surface area is 135 Å². The molecule has 2 heterocycles. The Kier molecular flexibility index (Phi) is 4.34. The highest BCUT2D eigenvalue weighted by atomic mass is 16.2. The van der Waals surface area contributed by atoms with E-state index in [0.29, 0.717) is 12.2 Å². The van der Waals surface area contributed by atoms with Crippen LogP contribution in [0.4, 0.5) is 5.69 Å². The summed E-state index contributed by atoms with van der Waals surface area (Å²) in [6.07, 6.45) is 1.84. The Bertz CT molecular complexity index is 755. The van der Waals surface area contributed by atoms with Crippen LogP contribution < -0.4 is 16.2 Å². The van der Waals surface area contributed by atoms with Crippen molar-refractivity contribution in [2.24, 2.45) is 13.0 Å². The molecule has 1 amide bonds. The number of carbonyl (C=O) groups is 1. The SMILES string of the molecule is Cc1c(NC(=O)C2CCCNC2)c(=O)n(-c2ccccc2)n1C. The number of nitrogens with zero attached hydrogens (tertiary/aromatic N) is 2. The lowest BCUT2D eigenvalue weighted by Crippen LogP contribution is -2.38. The summed E-state index contributed by atoms with van der Waals surface area (Å²) in [6, 6.07) is 9.42. The highest BCUT2D eigenvalue weighted by molar-refractivity contribution is 5.93. The average molecular weight is 314 g/mol. The minimum absolute atomic E-state index is 0.0760. The zero-order chi connectivity index (χ0) is 16.4. The summed E-state index contributed by atoms with van der Waals surface area (Å²) in [5.74, 6) is -0.156. The number of hydrogen-bond acceptors (Lipinski definition) is 3. The molecule has 2 N–H and O–H groups in total. The number of anilines is 1. The summed E-state index contributed by atoms with van der Waals surface area (Å²) >= 11 is 0. The Balaban J connectivity index is 1.92. The Hall–Kier alpha value is -2.34. The first-order chi connectivity index (χ1) is 11.1. The van der Waals surface area contributed by atoms with Crippen LogP contribution in [0, 0.1) is 12.8 Å². The maximum absolute atomic E-state index is 12.7. The van der Waals surface area contributed by atoms with E-state index in [4.69, 9.17) is 0 Å². The first-order valence-electron chi connectivity index (χ1n) is 7.95. The van der Waals surface area contributed by atoms with Crippen LogP contribution >= 0.6 is 0 Å². The molecule has 0 radical (unpaired) electrons. The van der Waals surface area contributed by atoms with Gasteiger partial charge in [-0.25, -0.2) is 4.68 Å². The maximum Gasteiger partial charge on any atom is 0.295 e. The van der Waals surface area contributed by atoms with Crippen LogP contribution in [0.5, 0.6) is 0 Å². The van der Waals surface area contributed by atoms with Crippen molar-refractivity contribution in [2.45, 2.75) is 19.8 Å². The van der Waals surface area contributed by atoms with Crippen molar-refractivity contribution >= 4 is 11.6 Å². The number of carbonyl (C=O) groups excluding carboxylic acids is 1. The predicted octanol–water partition coefficient (Wildman–Crippen LogP) is 1.42. The molecular weight excluding hydrogens is 292 g/mol. The van der Waals surface area contributed by atoms with Crippen LogP contribution in [-0.2, 0) is 11.8 Å². The van der Waals surface area contributed by atoms with E-state index in [1.165, 1.54) is 0 Å². The van der Waals surface area contributed by atoms with Gasteiger partial charge in [0.2, 0.25) is 5.91 Å². The van der Waals surface area contributed by atoms with Crippen molar-refractivity contribution in [2.75, 3.05) is 18.4 Å². The van der Waals surface area contributed by atoms with Crippen molar-refractivity contribution < 1.29 is 4.79 Å². The molecule has 0 bridgehead atoms. The summed E-state index contributed by atoms with van der Waals surface area (Å²) in [5.41, 5.74) is 1.69. The highest BCUT2D eigenvalue weighted by Crippen LogP contribution is 2.17. The molecule has 0 aliphatic carbocycles. The van der Waals surface area contributed by atoms with Crippen LogP contribution in [0.2, 0.25) is 0 Å². The molecule has 1 aliphatic rings. The molecule has 122 valence electrons. The monoisotopic (exact) mass is 314 g/mol. The van der Waals surface area contributed by atoms with Crippen LogP contribution in [0.15, 0.2) is 35.1 Å². The number of rotatable bonds is 3. The molecule has 1 aromatic heterocycles. The van der Waals surface area contributed by atoms with Crippen molar-refractivity contribution in [3.8, 4) is 5.69 Å². The van der Waals surface area contributed by atoms with Gasteiger partial charge in [0.05, 0.1) is 17.3 Å². The highest BCUT2D eigenvalue weighted by Gasteiger charge is 2.24. The molecule has 6 heteroatoms. The van der Waals surface area contributed by atoms with E-state index in [1.807, 2.05) is 44.3 Å². The van der Waals surface area contributed by atoms with Crippen LogP contribution in [-0.4, -0.2) is 28.4 Å². The second-order valence-electron chi connectivity index (χ2n) is 5.97. The Morgan fingerprint density at radius 1 is 1.30 bits per heavy atom. The van der Waals surface area contributed by atoms with Crippen molar-refractivity contribution in [1.82, 2.24) is 14.7 Å². The summed E-state index contributed by atoms with van der Waals surface area (Å²) in [6.45, 7) is 3.47. The van der Waals surface area contributed by atoms with E-state index in [2.05, 4.69) is 10.6 Å². The molecule has 0 saturated carbocycles. The smallest absolute Gasteiger partial charge is 0.295 e. The molecule has 2 aromatic rings. The predicted molar refractivity (Wildman–Crippen MR) is 90.0 cm³/mol. The largest absolute Gasteiger partial charge is 0.320 e. The van der Waals surface area contributed by atoms with Gasteiger partial charge in [-0.1, -0.05) is 18.2 Å². The second kappa shape index (κ2) is 6.42. The van der Waals surface area contributed by atoms with Gasteiger partial charge in [-0.15, -0.1) is 0 Å². The van der Waals surface area contributed by atoms with E-state index in [1.54, 1.807) is 9.36 Å². The van der Waals surface area contributed by atoms with Crippen LogP contribution in [0.1, 0.15) is 18.5 Å². The minimum Gasteiger partial charge on any atom is -0.320 e. The normalized spacial score (nSPS) is 17.9. The van der Waals surface area contributed by atoms with E-state index >= 15 is 0 Å². The summed E-state index contributed by atoms with van der Waals surface area (Å²) in [5, 5.41) is 6.07. The van der Waals surface area contributed by atoms with Gasteiger partial charge >= 0.3 is 0 Å². The average Bonchev–Trinajstić information content (AvgIpc) is 2.80. The van der Waals surface area contributed by atoms with Crippen molar-refractivity contribution in [1.29, 1.82) is 0 Å². The van der Waals surface area contributed by atoms with E-state index in [-0.39, 0.29) is 17.4 Å². The van der Waals surface area contributed by atoms with Gasteiger partial charge in [0.1, 0.15) is 5.69 Å². The van der Waals surface area contributed by atoms with E-state index < -0.39 is 0 Å². The quantitative estimate of drug-likeness (QED) is 0.900. The fraction of sp³-hybridized carbons (Fsp3) is 0.412. The lowest BCUT2D eigenvalue weighted by atomic mass is 9.99. The molecule has 1 fully saturated rings. The van der Waals surface area contributed by atoms with Gasteiger partial charge in [-0.3, -0.25) is 14.3 Å². The van der Waals surface area contributed by atoms with Gasteiger partial charge < -0.3 is 10.6 Å². The van der Waals surface area contributed by atoms with Gasteiger partial charge in [-0.05, 0) is 38.4 Å². The van der Waals surface area contributed by atoms with Gasteiger partial charge in [0.15, 0.2) is 0 Å². The van der Waals surface area contributed by atoms with Crippen LogP contribution in [0.3, 0.4) is 0 Å². The Morgan fingerprint density at radius 2 is 2.04 bits per heavy atom. The zero-order valence-electron chi connectivity index (χ0n) is 13.5. The number of nitrogens with one attached hydrogen (secondary N) is 2. The molecule has 0 spiro atoms. The zero-order valence-corrected chi connectivity index (χ0v) is 13.5. The molecule has 1 atom stereocenters. The van der Waals surface area contributed by atoms with Gasteiger partial charge in [0.25, 0.3) is 5.56 Å². The van der Waals surface area contributed by atoms with Crippen molar-refractivity contribution in [3.05, 3.63) is 46.4 Å². The number of piperidine rings is 1. The maximum atomic E-state index is 12.7. The summed E-state index contributed by atoms with van der Waals surface area (Å²) < 4.78 is 3.34. The third-order valence-electron chi connectivity index (χ3n) is 4.47. The fourth-order valence-corrected chi connectivity index (χ4v) is 3.01. The number of hydrogen-bond donors (Lipinski definition) is 2. The number of para-hydroxylation sites is 1. The number of amides is 1. The second-order valence-corrected chi connectivity index (χ2v) is 5.97. The molecule has 1 unspecified atom stereocenters. The van der Waals surface area contributed by atoms with E-state index in [0.717, 1.165) is 30.8 Å². The molecule has 6 nitrogen and oxygen atoms in total. The summed E-state index contributed by atoms with van der Waals surface area (Å²) in [4.78, 5) is 25.2. The third-order valence-corrected chi connectivity index (χ3v) is 4.47. The van der Waals surface area contributed by atoms with Gasteiger partial charge in [-0.2, -0.15) is 0 Å². The van der Waals surface area contributed by atoms with E-state index in [9.17, 15) is 9.59 Å². The Morgan fingerprint density at radius 3 is 2.70 bits per heavy atom. The number of benzene rings is 1. The lowest BCUT2D eigenvalue weighted by molar-refractivity contribution is -0.120. The lowest BCUT2D eigenvalue weighted by Gasteiger charge is -2.21. The molecule has 1 aliphatic heterocycles. The number of aromatic nitrogens is 2. The molecule has 3 rings (SSSR count).